The molecule has 0 aromatic rings. The lowest BCUT2D eigenvalue weighted by atomic mass is 9.95. The zero-order valence-electron chi connectivity index (χ0n) is 12.1. The van der Waals surface area contributed by atoms with Gasteiger partial charge in [-0.1, -0.05) is 34.6 Å². The van der Waals surface area contributed by atoms with Crippen LogP contribution in [0.1, 0.15) is 34.6 Å². The molecule has 0 fully saturated rings. The molecule has 0 aliphatic carbocycles. The van der Waals surface area contributed by atoms with Crippen LogP contribution in [-0.4, -0.2) is 50.8 Å². The maximum atomic E-state index is 5.29. The number of hydrogen-bond acceptors (Lipinski definition) is 3. The molecule has 1 atom stereocenters. The van der Waals surface area contributed by atoms with E-state index < -0.39 is 0 Å². The van der Waals surface area contributed by atoms with Crippen LogP contribution in [-0.2, 0) is 4.74 Å². The molecule has 0 aliphatic rings. The minimum absolute atomic E-state index is 0.332. The van der Waals surface area contributed by atoms with Crippen LogP contribution in [0.3, 0.4) is 0 Å². The minimum atomic E-state index is 0.332. The third-order valence-corrected chi connectivity index (χ3v) is 2.47. The van der Waals surface area contributed by atoms with Crippen molar-refractivity contribution in [2.75, 3.05) is 33.9 Å². The molecule has 0 aromatic carbocycles. The summed E-state index contributed by atoms with van der Waals surface area (Å²) in [4.78, 5) is 2.39. The van der Waals surface area contributed by atoms with Crippen molar-refractivity contribution in [3.05, 3.63) is 0 Å². The van der Waals surface area contributed by atoms with Gasteiger partial charge in [0.05, 0.1) is 6.61 Å². The summed E-state index contributed by atoms with van der Waals surface area (Å²) in [6.07, 6.45) is 0. The molecule has 0 radical (unpaired) electrons. The van der Waals surface area contributed by atoms with Crippen LogP contribution < -0.4 is 5.32 Å². The molecule has 16 heavy (non-hydrogen) atoms. The number of likely N-dealkylation sites (N-methyl/N-ethyl adjacent to an activating group) is 1. The van der Waals surface area contributed by atoms with Gasteiger partial charge in [0.2, 0.25) is 0 Å². The summed E-state index contributed by atoms with van der Waals surface area (Å²) < 4.78 is 5.29. The van der Waals surface area contributed by atoms with Crippen molar-refractivity contribution in [2.45, 2.75) is 46.7 Å². The molecule has 0 heterocycles. The Morgan fingerprint density at radius 1 is 1.25 bits per heavy atom. The highest BCUT2D eigenvalue weighted by atomic mass is 16.5. The van der Waals surface area contributed by atoms with Crippen molar-refractivity contribution < 1.29 is 4.74 Å². The number of nitrogens with one attached hydrogen (secondary N) is 1. The lowest BCUT2D eigenvalue weighted by Gasteiger charge is -2.33. The SMILES string of the molecule is COCC(CNC(C)C)N(C)CC(C)(C)C. The Morgan fingerprint density at radius 3 is 2.19 bits per heavy atom. The van der Waals surface area contributed by atoms with Crippen LogP contribution in [0, 0.1) is 5.41 Å². The first kappa shape index (κ1) is 15.9. The quantitative estimate of drug-likeness (QED) is 0.724. The van der Waals surface area contributed by atoms with E-state index in [2.05, 4.69) is 51.9 Å². The summed E-state index contributed by atoms with van der Waals surface area (Å²) in [5.74, 6) is 0. The third kappa shape index (κ3) is 8.08. The predicted molar refractivity (Wildman–Crippen MR) is 70.9 cm³/mol. The second-order valence-corrected chi connectivity index (χ2v) is 6.15. The van der Waals surface area contributed by atoms with Gasteiger partial charge >= 0.3 is 0 Å². The highest BCUT2D eigenvalue weighted by Crippen LogP contribution is 2.15. The van der Waals surface area contributed by atoms with Gasteiger partial charge in [0.1, 0.15) is 0 Å². The second-order valence-electron chi connectivity index (χ2n) is 6.15. The Hall–Kier alpha value is -0.120. The van der Waals surface area contributed by atoms with E-state index in [-0.39, 0.29) is 0 Å². The monoisotopic (exact) mass is 230 g/mol. The molecule has 98 valence electrons. The largest absolute Gasteiger partial charge is 0.383 e. The van der Waals surface area contributed by atoms with E-state index in [4.69, 9.17) is 4.74 Å². The summed E-state index contributed by atoms with van der Waals surface area (Å²) in [5.41, 5.74) is 0.332. The molecule has 0 spiro atoms. The van der Waals surface area contributed by atoms with Gasteiger partial charge in [-0.3, -0.25) is 4.90 Å². The average Bonchev–Trinajstić information content (AvgIpc) is 2.08. The van der Waals surface area contributed by atoms with Crippen LogP contribution in [0.4, 0.5) is 0 Å². The number of nitrogens with zero attached hydrogens (tertiary/aromatic N) is 1. The van der Waals surface area contributed by atoms with Crippen molar-refractivity contribution in [2.24, 2.45) is 5.41 Å². The van der Waals surface area contributed by atoms with Crippen molar-refractivity contribution in [1.29, 1.82) is 0 Å². The molecule has 0 bridgehead atoms. The van der Waals surface area contributed by atoms with E-state index in [1.807, 2.05) is 0 Å². The van der Waals surface area contributed by atoms with E-state index in [1.165, 1.54) is 0 Å². The summed E-state index contributed by atoms with van der Waals surface area (Å²) in [6.45, 7) is 14.0. The Kier molecular flexibility index (Phi) is 7.20. The smallest absolute Gasteiger partial charge is 0.0630 e. The third-order valence-electron chi connectivity index (χ3n) is 2.47. The van der Waals surface area contributed by atoms with E-state index in [9.17, 15) is 0 Å². The van der Waals surface area contributed by atoms with Gasteiger partial charge in [0.15, 0.2) is 0 Å². The first-order chi connectivity index (χ1) is 7.26. The van der Waals surface area contributed by atoms with E-state index >= 15 is 0 Å². The normalized spacial score (nSPS) is 14.8. The molecule has 0 saturated carbocycles. The molecule has 0 aliphatic heterocycles. The van der Waals surface area contributed by atoms with E-state index in [0.717, 1.165) is 19.7 Å². The number of ether oxygens (including phenoxy) is 1. The van der Waals surface area contributed by atoms with Crippen LogP contribution >= 0.6 is 0 Å². The Bertz CT molecular complexity index is 175. The molecular weight excluding hydrogens is 200 g/mol. The topological polar surface area (TPSA) is 24.5 Å². The fourth-order valence-electron chi connectivity index (χ4n) is 1.78. The van der Waals surface area contributed by atoms with Crippen molar-refractivity contribution >= 4 is 0 Å². The van der Waals surface area contributed by atoms with Gasteiger partial charge in [-0.25, -0.2) is 0 Å². The number of rotatable bonds is 7. The molecule has 0 saturated heterocycles. The maximum Gasteiger partial charge on any atom is 0.0630 e. The van der Waals surface area contributed by atoms with Gasteiger partial charge in [-0.05, 0) is 12.5 Å². The van der Waals surface area contributed by atoms with Crippen LogP contribution in [0.25, 0.3) is 0 Å². The number of hydrogen-bond donors (Lipinski definition) is 1. The van der Waals surface area contributed by atoms with Gasteiger partial charge in [-0.2, -0.15) is 0 Å². The average molecular weight is 230 g/mol. The highest BCUT2D eigenvalue weighted by molar-refractivity contribution is 4.76. The fraction of sp³-hybridized carbons (Fsp3) is 1.00. The van der Waals surface area contributed by atoms with Crippen molar-refractivity contribution in [3.63, 3.8) is 0 Å². The summed E-state index contributed by atoms with van der Waals surface area (Å²) >= 11 is 0. The van der Waals surface area contributed by atoms with Crippen LogP contribution in [0.2, 0.25) is 0 Å². The Labute approximate surface area is 102 Å². The second kappa shape index (κ2) is 7.25. The molecule has 3 nitrogen and oxygen atoms in total. The minimum Gasteiger partial charge on any atom is -0.383 e. The van der Waals surface area contributed by atoms with Crippen LogP contribution in [0.15, 0.2) is 0 Å². The highest BCUT2D eigenvalue weighted by Gasteiger charge is 2.20. The zero-order chi connectivity index (χ0) is 12.8. The van der Waals surface area contributed by atoms with E-state index in [0.29, 0.717) is 17.5 Å². The van der Waals surface area contributed by atoms with E-state index in [1.54, 1.807) is 7.11 Å². The lowest BCUT2D eigenvalue weighted by molar-refractivity contribution is 0.0839. The molecular formula is C13H30N2O. The summed E-state index contributed by atoms with van der Waals surface area (Å²) in [5, 5.41) is 3.48. The lowest BCUT2D eigenvalue weighted by Crippen LogP contribution is -2.47. The molecule has 1 N–H and O–H groups in total. The van der Waals surface area contributed by atoms with Crippen molar-refractivity contribution in [1.82, 2.24) is 10.2 Å². The Morgan fingerprint density at radius 2 is 1.81 bits per heavy atom. The summed E-state index contributed by atoms with van der Waals surface area (Å²) in [7, 11) is 3.95. The fourth-order valence-corrected chi connectivity index (χ4v) is 1.78. The number of methoxy groups -OCH3 is 1. The maximum absolute atomic E-state index is 5.29. The summed E-state index contributed by atoms with van der Waals surface area (Å²) in [6, 6.07) is 0.981. The molecule has 1 unspecified atom stereocenters. The van der Waals surface area contributed by atoms with Gasteiger partial charge in [0.25, 0.3) is 0 Å². The van der Waals surface area contributed by atoms with Gasteiger partial charge < -0.3 is 10.1 Å². The van der Waals surface area contributed by atoms with Gasteiger partial charge in [0, 0.05) is 32.3 Å². The molecule has 3 heteroatoms. The first-order valence-electron chi connectivity index (χ1n) is 6.19. The van der Waals surface area contributed by atoms with Crippen LogP contribution in [0.5, 0.6) is 0 Å². The molecule has 0 amide bonds. The van der Waals surface area contributed by atoms with Gasteiger partial charge in [-0.15, -0.1) is 0 Å². The zero-order valence-corrected chi connectivity index (χ0v) is 12.1. The van der Waals surface area contributed by atoms with Crippen molar-refractivity contribution in [3.8, 4) is 0 Å². The first-order valence-corrected chi connectivity index (χ1v) is 6.19. The Balaban J connectivity index is 4.17. The standard InChI is InChI=1S/C13H30N2O/c1-11(2)14-8-12(9-16-7)15(6)10-13(3,4)5/h11-12,14H,8-10H2,1-7H3. The molecule has 0 rings (SSSR count). The predicted octanol–water partition coefficient (Wildman–Crippen LogP) is 1.98. The molecule has 0 aromatic heterocycles.